The van der Waals surface area contributed by atoms with E-state index >= 15 is 0 Å². The maximum Gasteiger partial charge on any atom is 0.119 e. The van der Waals surface area contributed by atoms with Crippen LogP contribution in [0.25, 0.3) is 0 Å². The Morgan fingerprint density at radius 2 is 2.36 bits per heavy atom. The van der Waals surface area contributed by atoms with Gasteiger partial charge >= 0.3 is 0 Å². The van der Waals surface area contributed by atoms with Gasteiger partial charge in [0.15, 0.2) is 0 Å². The molecule has 0 amide bonds. The van der Waals surface area contributed by atoms with Crippen LogP contribution >= 0.6 is 11.8 Å². The largest absolute Gasteiger partial charge is 0.158 e. The van der Waals surface area contributed by atoms with Crippen LogP contribution in [0.1, 0.15) is 18.9 Å². The predicted octanol–water partition coefficient (Wildman–Crippen LogP) is 2.29. The van der Waals surface area contributed by atoms with Gasteiger partial charge in [0.1, 0.15) is 5.03 Å². The Bertz CT molecular complexity index is 225. The van der Waals surface area contributed by atoms with Crippen molar-refractivity contribution in [3.63, 3.8) is 0 Å². The number of rotatable bonds is 3. The van der Waals surface area contributed by atoms with Crippen molar-refractivity contribution in [1.29, 1.82) is 0 Å². The van der Waals surface area contributed by atoms with E-state index in [1.165, 1.54) is 12.0 Å². The number of hydrogen-bond acceptors (Lipinski definition) is 3. The number of nitrogens with zero attached hydrogens (tertiary/aromatic N) is 2. The standard InChI is InChI=1S/C8H12N2S/c1-3-4-11-8-5-7(2)6-9-10-8/h5-6H,3-4H2,1-2H3. The first kappa shape index (κ1) is 8.53. The van der Waals surface area contributed by atoms with Crippen LogP contribution in [0.2, 0.25) is 0 Å². The Morgan fingerprint density at radius 1 is 1.55 bits per heavy atom. The minimum Gasteiger partial charge on any atom is -0.158 e. The van der Waals surface area contributed by atoms with E-state index in [4.69, 9.17) is 0 Å². The van der Waals surface area contributed by atoms with E-state index in [0.29, 0.717) is 0 Å². The molecule has 3 heteroatoms. The molecule has 0 aliphatic heterocycles. The zero-order chi connectivity index (χ0) is 8.10. The molecule has 1 aromatic heterocycles. The van der Waals surface area contributed by atoms with Crippen LogP contribution in [0.3, 0.4) is 0 Å². The van der Waals surface area contributed by atoms with Crippen LogP contribution in [0.5, 0.6) is 0 Å². The third-order valence-electron chi connectivity index (χ3n) is 1.22. The Labute approximate surface area is 71.4 Å². The van der Waals surface area contributed by atoms with Crippen LogP contribution in [-0.2, 0) is 0 Å². The summed E-state index contributed by atoms with van der Waals surface area (Å²) in [5, 5.41) is 8.89. The highest BCUT2D eigenvalue weighted by molar-refractivity contribution is 7.99. The van der Waals surface area contributed by atoms with Crippen molar-refractivity contribution in [1.82, 2.24) is 10.2 Å². The van der Waals surface area contributed by atoms with Gasteiger partial charge in [-0.25, -0.2) is 0 Å². The molecule has 0 spiro atoms. The van der Waals surface area contributed by atoms with Gasteiger partial charge in [0.05, 0.1) is 6.20 Å². The Morgan fingerprint density at radius 3 is 3.00 bits per heavy atom. The summed E-state index contributed by atoms with van der Waals surface area (Å²) in [6.07, 6.45) is 2.95. The van der Waals surface area contributed by atoms with Crippen molar-refractivity contribution < 1.29 is 0 Å². The molecule has 0 radical (unpaired) electrons. The number of aryl methyl sites for hydroxylation is 1. The summed E-state index contributed by atoms with van der Waals surface area (Å²) in [6, 6.07) is 2.06. The van der Waals surface area contributed by atoms with Crippen LogP contribution in [-0.4, -0.2) is 16.0 Å². The summed E-state index contributed by atoms with van der Waals surface area (Å²) in [5.41, 5.74) is 1.18. The first-order chi connectivity index (χ1) is 5.33. The summed E-state index contributed by atoms with van der Waals surface area (Å²) < 4.78 is 0. The average Bonchev–Trinajstić information content (AvgIpc) is 2.01. The minimum atomic E-state index is 1.03. The monoisotopic (exact) mass is 168 g/mol. The van der Waals surface area contributed by atoms with Gasteiger partial charge in [0.2, 0.25) is 0 Å². The number of aromatic nitrogens is 2. The van der Waals surface area contributed by atoms with Gasteiger partial charge in [-0.2, -0.15) is 5.10 Å². The Kier molecular flexibility index (Phi) is 3.36. The van der Waals surface area contributed by atoms with Gasteiger partial charge in [0.25, 0.3) is 0 Å². The summed E-state index contributed by atoms with van der Waals surface area (Å²) in [7, 11) is 0. The van der Waals surface area contributed by atoms with Gasteiger partial charge < -0.3 is 0 Å². The van der Waals surface area contributed by atoms with Crippen LogP contribution in [0.15, 0.2) is 17.3 Å². The molecule has 1 heterocycles. The van der Waals surface area contributed by atoms with E-state index in [-0.39, 0.29) is 0 Å². The average molecular weight is 168 g/mol. The number of hydrogen-bond donors (Lipinski definition) is 0. The van der Waals surface area contributed by atoms with Crippen LogP contribution in [0.4, 0.5) is 0 Å². The van der Waals surface area contributed by atoms with Crippen molar-refractivity contribution in [2.75, 3.05) is 5.75 Å². The second-order valence-corrected chi connectivity index (χ2v) is 3.53. The molecule has 0 N–H and O–H groups in total. The highest BCUT2D eigenvalue weighted by Crippen LogP contribution is 2.15. The van der Waals surface area contributed by atoms with E-state index in [1.807, 2.05) is 6.92 Å². The summed E-state index contributed by atoms with van der Waals surface area (Å²) >= 11 is 1.76. The van der Waals surface area contributed by atoms with Crippen LogP contribution < -0.4 is 0 Å². The maximum atomic E-state index is 3.99. The molecule has 0 atom stereocenters. The highest BCUT2D eigenvalue weighted by atomic mass is 32.2. The zero-order valence-corrected chi connectivity index (χ0v) is 7.69. The molecule has 0 aromatic carbocycles. The third-order valence-corrected chi connectivity index (χ3v) is 2.33. The predicted molar refractivity (Wildman–Crippen MR) is 47.8 cm³/mol. The van der Waals surface area contributed by atoms with Crippen molar-refractivity contribution >= 4 is 11.8 Å². The molecule has 0 unspecified atom stereocenters. The topological polar surface area (TPSA) is 25.8 Å². The highest BCUT2D eigenvalue weighted by Gasteiger charge is 1.94. The normalized spacial score (nSPS) is 10.0. The van der Waals surface area contributed by atoms with Crippen LogP contribution in [0, 0.1) is 6.92 Å². The van der Waals surface area contributed by atoms with Gasteiger partial charge in [-0.15, -0.1) is 16.9 Å². The fourth-order valence-corrected chi connectivity index (χ4v) is 1.50. The molecule has 0 fully saturated rings. The second-order valence-electron chi connectivity index (χ2n) is 2.42. The molecular formula is C8H12N2S. The molecule has 1 rings (SSSR count). The Balaban J connectivity index is 2.56. The maximum absolute atomic E-state index is 3.99. The van der Waals surface area contributed by atoms with Gasteiger partial charge in [-0.3, -0.25) is 0 Å². The first-order valence-corrected chi connectivity index (χ1v) is 4.73. The summed E-state index contributed by atoms with van der Waals surface area (Å²) in [6.45, 7) is 4.20. The fourth-order valence-electron chi connectivity index (χ4n) is 0.715. The minimum absolute atomic E-state index is 1.03. The molecular weight excluding hydrogens is 156 g/mol. The molecule has 60 valence electrons. The lowest BCUT2D eigenvalue weighted by Crippen LogP contribution is -1.86. The van der Waals surface area contributed by atoms with Gasteiger partial charge in [0, 0.05) is 0 Å². The molecule has 1 aromatic rings. The lowest BCUT2D eigenvalue weighted by molar-refractivity contribution is 0.914. The zero-order valence-electron chi connectivity index (χ0n) is 6.87. The Hall–Kier alpha value is -0.570. The first-order valence-electron chi connectivity index (χ1n) is 3.75. The molecule has 0 saturated heterocycles. The molecule has 2 nitrogen and oxygen atoms in total. The smallest absolute Gasteiger partial charge is 0.119 e. The fraction of sp³-hybridized carbons (Fsp3) is 0.500. The molecule has 0 aliphatic carbocycles. The van der Waals surface area contributed by atoms with Crippen molar-refractivity contribution in [2.45, 2.75) is 25.3 Å². The van der Waals surface area contributed by atoms with E-state index in [2.05, 4.69) is 23.2 Å². The quantitative estimate of drug-likeness (QED) is 0.648. The summed E-state index contributed by atoms with van der Waals surface area (Å²) in [4.78, 5) is 0. The van der Waals surface area contributed by atoms with E-state index in [1.54, 1.807) is 18.0 Å². The van der Waals surface area contributed by atoms with Gasteiger partial charge in [-0.05, 0) is 30.7 Å². The van der Waals surface area contributed by atoms with E-state index < -0.39 is 0 Å². The SMILES string of the molecule is CCCSc1cc(C)cnn1. The third kappa shape index (κ3) is 2.89. The van der Waals surface area contributed by atoms with Crippen molar-refractivity contribution in [3.8, 4) is 0 Å². The van der Waals surface area contributed by atoms with E-state index in [0.717, 1.165) is 10.8 Å². The van der Waals surface area contributed by atoms with Gasteiger partial charge in [-0.1, -0.05) is 6.92 Å². The number of thioether (sulfide) groups is 1. The van der Waals surface area contributed by atoms with E-state index in [9.17, 15) is 0 Å². The molecule has 0 aliphatic rings. The van der Waals surface area contributed by atoms with Crippen molar-refractivity contribution in [2.24, 2.45) is 0 Å². The molecule has 0 bridgehead atoms. The summed E-state index contributed by atoms with van der Waals surface area (Å²) in [5.74, 6) is 1.12. The molecule has 0 saturated carbocycles. The second kappa shape index (κ2) is 4.34. The lowest BCUT2D eigenvalue weighted by atomic mass is 10.4. The molecule has 11 heavy (non-hydrogen) atoms. The van der Waals surface area contributed by atoms with Crippen molar-refractivity contribution in [3.05, 3.63) is 17.8 Å². The lowest BCUT2D eigenvalue weighted by Gasteiger charge is -1.97.